The minimum atomic E-state index is 0.00215. The van der Waals surface area contributed by atoms with Crippen LogP contribution in [-0.2, 0) is 9.53 Å². The Morgan fingerprint density at radius 1 is 1.41 bits per heavy atom. The maximum absolute atomic E-state index is 11.4. The summed E-state index contributed by atoms with van der Waals surface area (Å²) in [4.78, 5) is 12.9. The highest BCUT2D eigenvalue weighted by Gasteiger charge is 2.24. The second-order valence-electron chi connectivity index (χ2n) is 4.09. The van der Waals surface area contributed by atoms with Crippen molar-refractivity contribution in [1.29, 1.82) is 0 Å². The molecule has 0 atom stereocenters. The number of carbonyl (C=O) groups is 1. The smallest absolute Gasteiger partial charge is 0.248 e. The number of ether oxygens (including phenoxy) is 1. The van der Waals surface area contributed by atoms with Gasteiger partial charge in [0.1, 0.15) is 12.4 Å². The van der Waals surface area contributed by atoms with Gasteiger partial charge in [-0.3, -0.25) is 9.69 Å². The van der Waals surface area contributed by atoms with Crippen molar-refractivity contribution in [1.82, 2.24) is 10.2 Å². The van der Waals surface area contributed by atoms with Crippen LogP contribution in [0, 0.1) is 0 Å². The standard InChI is InChI=1S/C11H15ClN2O2S/c12-8-3-1-2-4-9(8)16-6-5-14-10(15)7-13-11(14)17/h1-7H2,(H,13,17). The van der Waals surface area contributed by atoms with Crippen LogP contribution in [0.5, 0.6) is 0 Å². The van der Waals surface area contributed by atoms with Crippen LogP contribution in [0.25, 0.3) is 0 Å². The number of carbonyl (C=O) groups excluding carboxylic acids is 1. The predicted octanol–water partition coefficient (Wildman–Crippen LogP) is 1.74. The molecule has 0 aromatic carbocycles. The average molecular weight is 275 g/mol. The van der Waals surface area contributed by atoms with Gasteiger partial charge in [0.15, 0.2) is 5.11 Å². The largest absolute Gasteiger partial charge is 0.495 e. The van der Waals surface area contributed by atoms with Crippen molar-refractivity contribution >= 4 is 34.8 Å². The molecule has 0 unspecified atom stereocenters. The van der Waals surface area contributed by atoms with Gasteiger partial charge in [-0.25, -0.2) is 0 Å². The van der Waals surface area contributed by atoms with Crippen molar-refractivity contribution in [3.8, 4) is 0 Å². The van der Waals surface area contributed by atoms with Crippen molar-refractivity contribution in [2.24, 2.45) is 0 Å². The Morgan fingerprint density at radius 3 is 2.82 bits per heavy atom. The number of hydrogen-bond donors (Lipinski definition) is 1. The van der Waals surface area contributed by atoms with Crippen LogP contribution < -0.4 is 5.32 Å². The van der Waals surface area contributed by atoms with Gasteiger partial charge < -0.3 is 10.1 Å². The van der Waals surface area contributed by atoms with E-state index in [4.69, 9.17) is 28.6 Å². The highest BCUT2D eigenvalue weighted by molar-refractivity contribution is 7.80. The molecule has 0 radical (unpaired) electrons. The summed E-state index contributed by atoms with van der Waals surface area (Å²) < 4.78 is 5.62. The Morgan fingerprint density at radius 2 is 2.18 bits per heavy atom. The molecule has 0 spiro atoms. The van der Waals surface area contributed by atoms with E-state index < -0.39 is 0 Å². The second-order valence-corrected chi connectivity index (χ2v) is 4.93. The van der Waals surface area contributed by atoms with Gasteiger partial charge in [-0.2, -0.15) is 0 Å². The van der Waals surface area contributed by atoms with Gasteiger partial charge in [-0.1, -0.05) is 11.6 Å². The number of nitrogens with zero attached hydrogens (tertiary/aromatic N) is 1. The number of thiocarbonyl (C=S) groups is 1. The zero-order valence-corrected chi connectivity index (χ0v) is 11.1. The van der Waals surface area contributed by atoms with Gasteiger partial charge >= 0.3 is 0 Å². The van der Waals surface area contributed by atoms with Gasteiger partial charge in [0.05, 0.1) is 18.1 Å². The summed E-state index contributed by atoms with van der Waals surface area (Å²) in [5.41, 5.74) is 0. The van der Waals surface area contributed by atoms with Crippen molar-refractivity contribution in [2.45, 2.75) is 25.7 Å². The molecule has 2 aliphatic rings. The number of amides is 1. The maximum atomic E-state index is 11.4. The molecule has 17 heavy (non-hydrogen) atoms. The number of rotatable bonds is 4. The highest BCUT2D eigenvalue weighted by atomic mass is 35.5. The summed E-state index contributed by atoms with van der Waals surface area (Å²) in [6.45, 7) is 1.22. The molecule has 1 aliphatic heterocycles. The van der Waals surface area contributed by atoms with Crippen LogP contribution in [0.15, 0.2) is 10.8 Å². The van der Waals surface area contributed by atoms with Crippen LogP contribution in [0.4, 0.5) is 0 Å². The summed E-state index contributed by atoms with van der Waals surface area (Å²) in [6, 6.07) is 0. The summed E-state index contributed by atoms with van der Waals surface area (Å²) >= 11 is 11.1. The maximum Gasteiger partial charge on any atom is 0.248 e. The van der Waals surface area contributed by atoms with Gasteiger partial charge in [-0.05, 0) is 31.5 Å². The number of allylic oxidation sites excluding steroid dienone is 2. The molecule has 1 fully saturated rings. The lowest BCUT2D eigenvalue weighted by Gasteiger charge is -2.19. The van der Waals surface area contributed by atoms with E-state index >= 15 is 0 Å². The zero-order valence-electron chi connectivity index (χ0n) is 9.50. The molecule has 0 aromatic heterocycles. The van der Waals surface area contributed by atoms with Crippen molar-refractivity contribution in [2.75, 3.05) is 19.7 Å². The Labute approximate surface area is 111 Å². The molecular formula is C11H15ClN2O2S. The van der Waals surface area contributed by atoms with Gasteiger partial charge in [0.2, 0.25) is 5.91 Å². The Hall–Kier alpha value is -0.810. The zero-order chi connectivity index (χ0) is 12.3. The summed E-state index contributed by atoms with van der Waals surface area (Å²) in [7, 11) is 0. The fourth-order valence-electron chi connectivity index (χ4n) is 1.93. The third-order valence-corrected chi connectivity index (χ3v) is 3.65. The van der Waals surface area contributed by atoms with Crippen LogP contribution in [0.2, 0.25) is 0 Å². The van der Waals surface area contributed by atoms with E-state index in [0.717, 1.165) is 36.5 Å². The fourth-order valence-corrected chi connectivity index (χ4v) is 2.48. The first-order valence-electron chi connectivity index (χ1n) is 5.77. The first-order chi connectivity index (χ1) is 8.18. The molecule has 4 nitrogen and oxygen atoms in total. The third-order valence-electron chi connectivity index (χ3n) is 2.88. The lowest BCUT2D eigenvalue weighted by atomic mass is 10.1. The molecule has 1 amide bonds. The molecule has 6 heteroatoms. The molecule has 2 rings (SSSR count). The molecule has 0 bridgehead atoms. The molecular weight excluding hydrogens is 260 g/mol. The molecule has 0 aromatic rings. The van der Waals surface area contributed by atoms with Crippen LogP contribution in [0.1, 0.15) is 25.7 Å². The lowest BCUT2D eigenvalue weighted by molar-refractivity contribution is -0.124. The first-order valence-corrected chi connectivity index (χ1v) is 6.55. The van der Waals surface area contributed by atoms with Crippen molar-refractivity contribution in [3.05, 3.63) is 10.8 Å². The van der Waals surface area contributed by atoms with Crippen LogP contribution >= 0.6 is 23.8 Å². The van der Waals surface area contributed by atoms with Gasteiger partial charge in [0, 0.05) is 6.42 Å². The van der Waals surface area contributed by atoms with E-state index in [1.165, 1.54) is 4.90 Å². The van der Waals surface area contributed by atoms with E-state index in [1.54, 1.807) is 0 Å². The van der Waals surface area contributed by atoms with Gasteiger partial charge in [-0.15, -0.1) is 0 Å². The molecule has 1 heterocycles. The minimum absolute atomic E-state index is 0.00215. The Balaban J connectivity index is 1.79. The van der Waals surface area contributed by atoms with E-state index in [1.807, 2.05) is 0 Å². The van der Waals surface area contributed by atoms with E-state index in [-0.39, 0.29) is 5.91 Å². The van der Waals surface area contributed by atoms with E-state index in [2.05, 4.69) is 5.32 Å². The van der Waals surface area contributed by atoms with Crippen LogP contribution in [-0.4, -0.2) is 35.6 Å². The van der Waals surface area contributed by atoms with Crippen molar-refractivity contribution < 1.29 is 9.53 Å². The third kappa shape index (κ3) is 3.10. The summed E-state index contributed by atoms with van der Waals surface area (Å²) in [5, 5.41) is 4.14. The van der Waals surface area contributed by atoms with E-state index in [0.29, 0.717) is 24.8 Å². The Kier molecular flexibility index (Phi) is 4.23. The molecule has 1 aliphatic carbocycles. The first kappa shape index (κ1) is 12.6. The Bertz CT molecular complexity index is 354. The molecule has 1 N–H and O–H groups in total. The second kappa shape index (κ2) is 5.69. The molecule has 94 valence electrons. The quantitative estimate of drug-likeness (QED) is 0.793. The highest BCUT2D eigenvalue weighted by Crippen LogP contribution is 2.27. The number of hydrogen-bond acceptors (Lipinski definition) is 3. The number of halogens is 1. The topological polar surface area (TPSA) is 41.6 Å². The van der Waals surface area contributed by atoms with E-state index in [9.17, 15) is 4.79 Å². The minimum Gasteiger partial charge on any atom is -0.495 e. The normalized spacial score (nSPS) is 20.9. The summed E-state index contributed by atoms with van der Waals surface area (Å²) in [6.07, 6.45) is 4.05. The SMILES string of the molecule is O=C1CNC(=S)N1CCOC1=C(Cl)CCCC1. The predicted molar refractivity (Wildman–Crippen MR) is 69.6 cm³/mol. The summed E-state index contributed by atoms with van der Waals surface area (Å²) in [5.74, 6) is 0.880. The lowest BCUT2D eigenvalue weighted by Crippen LogP contribution is -2.33. The van der Waals surface area contributed by atoms with Crippen molar-refractivity contribution in [3.63, 3.8) is 0 Å². The molecule has 0 saturated carbocycles. The fraction of sp³-hybridized carbons (Fsp3) is 0.636. The monoisotopic (exact) mass is 274 g/mol. The average Bonchev–Trinajstić information content (AvgIpc) is 2.63. The van der Waals surface area contributed by atoms with Crippen LogP contribution in [0.3, 0.4) is 0 Å². The van der Waals surface area contributed by atoms with Gasteiger partial charge in [0.25, 0.3) is 0 Å². The number of nitrogens with one attached hydrogen (secondary N) is 1. The molecule has 1 saturated heterocycles.